The molecule has 0 heterocycles. The van der Waals surface area contributed by atoms with Gasteiger partial charge in [0.1, 0.15) is 0 Å². The zero-order valence-corrected chi connectivity index (χ0v) is 10.4. The molecule has 2 nitrogen and oxygen atoms in total. The Morgan fingerprint density at radius 2 is 1.77 bits per heavy atom. The van der Waals surface area contributed by atoms with Crippen LogP contribution in [0.25, 0.3) is 0 Å². The van der Waals surface area contributed by atoms with Gasteiger partial charge in [-0.15, -0.1) is 0 Å². The number of thiol groups is 2. The van der Waals surface area contributed by atoms with Crippen LogP contribution in [0, 0.1) is 5.92 Å². The van der Waals surface area contributed by atoms with Crippen LogP contribution in [0.15, 0.2) is 0 Å². The van der Waals surface area contributed by atoms with Crippen LogP contribution in [-0.2, 0) is 0 Å². The fourth-order valence-electron chi connectivity index (χ4n) is 1.31. The van der Waals surface area contributed by atoms with Crippen LogP contribution >= 0.6 is 25.3 Å². The van der Waals surface area contributed by atoms with Gasteiger partial charge in [-0.2, -0.15) is 25.3 Å². The first-order valence-electron chi connectivity index (χ1n) is 4.82. The first kappa shape index (κ1) is 13.6. The molecule has 2 atom stereocenters. The fourth-order valence-corrected chi connectivity index (χ4v) is 1.99. The van der Waals surface area contributed by atoms with Crippen molar-refractivity contribution < 1.29 is 0 Å². The predicted molar refractivity (Wildman–Crippen MR) is 67.2 cm³/mol. The van der Waals surface area contributed by atoms with Crippen molar-refractivity contribution in [3.8, 4) is 0 Å². The van der Waals surface area contributed by atoms with Crippen molar-refractivity contribution in [1.29, 1.82) is 0 Å². The average Bonchev–Trinajstić information content (AvgIpc) is 2.17. The van der Waals surface area contributed by atoms with Gasteiger partial charge in [0.05, 0.1) is 0 Å². The molecule has 0 aliphatic heterocycles. The van der Waals surface area contributed by atoms with Crippen LogP contribution in [0.4, 0.5) is 0 Å². The Balaban J connectivity index is 3.56. The Kier molecular flexibility index (Phi) is 9.62. The van der Waals surface area contributed by atoms with E-state index in [9.17, 15) is 0 Å². The van der Waals surface area contributed by atoms with Crippen molar-refractivity contribution in [1.82, 2.24) is 10.6 Å². The maximum atomic E-state index is 4.33. The summed E-state index contributed by atoms with van der Waals surface area (Å²) in [6.45, 7) is 1.06. The summed E-state index contributed by atoms with van der Waals surface area (Å²) in [7, 11) is 3.99. The quantitative estimate of drug-likeness (QED) is 0.462. The Bertz CT molecular complexity index is 108. The fraction of sp³-hybridized carbons (Fsp3) is 1.00. The van der Waals surface area contributed by atoms with E-state index >= 15 is 0 Å². The second kappa shape index (κ2) is 9.19. The van der Waals surface area contributed by atoms with Gasteiger partial charge >= 0.3 is 0 Å². The van der Waals surface area contributed by atoms with Crippen LogP contribution in [0.5, 0.6) is 0 Å². The molecule has 0 aliphatic rings. The number of hydrogen-bond acceptors (Lipinski definition) is 4. The van der Waals surface area contributed by atoms with Crippen LogP contribution in [0.3, 0.4) is 0 Å². The second-order valence-electron chi connectivity index (χ2n) is 3.35. The lowest BCUT2D eigenvalue weighted by Gasteiger charge is -2.18. The third-order valence-corrected chi connectivity index (χ3v) is 3.26. The second-order valence-corrected chi connectivity index (χ2v) is 4.08. The molecule has 0 saturated carbocycles. The third-order valence-electron chi connectivity index (χ3n) is 2.30. The van der Waals surface area contributed by atoms with E-state index in [1.807, 2.05) is 14.1 Å². The topological polar surface area (TPSA) is 24.1 Å². The summed E-state index contributed by atoms with van der Waals surface area (Å²) >= 11 is 8.61. The Morgan fingerprint density at radius 1 is 1.08 bits per heavy atom. The molecule has 13 heavy (non-hydrogen) atoms. The maximum Gasteiger partial charge on any atom is 0.0152 e. The maximum absolute atomic E-state index is 4.33. The molecule has 0 bridgehead atoms. The summed E-state index contributed by atoms with van der Waals surface area (Å²) in [5.41, 5.74) is 0. The SMILES string of the molecule is CNC[C@H](CS)CC[C@H](CS)NC. The van der Waals surface area contributed by atoms with Crippen LogP contribution in [-0.4, -0.2) is 38.2 Å². The van der Waals surface area contributed by atoms with E-state index in [-0.39, 0.29) is 0 Å². The summed E-state index contributed by atoms with van der Waals surface area (Å²) in [6, 6.07) is 0.544. The van der Waals surface area contributed by atoms with Gasteiger partial charge in [-0.1, -0.05) is 0 Å². The summed E-state index contributed by atoms with van der Waals surface area (Å²) < 4.78 is 0. The molecule has 0 aliphatic carbocycles. The summed E-state index contributed by atoms with van der Waals surface area (Å²) in [5.74, 6) is 2.56. The lowest BCUT2D eigenvalue weighted by atomic mass is 10.0. The molecule has 0 aromatic carbocycles. The molecule has 2 N–H and O–H groups in total. The highest BCUT2D eigenvalue weighted by Gasteiger charge is 2.09. The van der Waals surface area contributed by atoms with Gasteiger partial charge in [0.15, 0.2) is 0 Å². The molecule has 0 aromatic heterocycles. The summed E-state index contributed by atoms with van der Waals surface area (Å²) in [6.07, 6.45) is 2.41. The van der Waals surface area contributed by atoms with Crippen molar-refractivity contribution in [3.05, 3.63) is 0 Å². The zero-order valence-electron chi connectivity index (χ0n) is 8.58. The summed E-state index contributed by atoms with van der Waals surface area (Å²) in [4.78, 5) is 0. The minimum Gasteiger partial charge on any atom is -0.319 e. The van der Waals surface area contributed by atoms with Crippen molar-refractivity contribution in [2.45, 2.75) is 18.9 Å². The minimum atomic E-state index is 0.544. The lowest BCUT2D eigenvalue weighted by Crippen LogP contribution is -2.29. The average molecular weight is 222 g/mol. The molecule has 0 amide bonds. The highest BCUT2D eigenvalue weighted by atomic mass is 32.1. The van der Waals surface area contributed by atoms with Gasteiger partial charge in [0.2, 0.25) is 0 Å². The minimum absolute atomic E-state index is 0.544. The standard InChI is InChI=1S/C9H22N2S2/c1-10-5-8(6-12)3-4-9(7-13)11-2/h8-13H,3-7H2,1-2H3/t8-,9-/m1/s1. The van der Waals surface area contributed by atoms with E-state index in [1.54, 1.807) is 0 Å². The van der Waals surface area contributed by atoms with Gasteiger partial charge in [0.25, 0.3) is 0 Å². The van der Waals surface area contributed by atoms with Gasteiger partial charge < -0.3 is 10.6 Å². The molecule has 0 spiro atoms. The van der Waals surface area contributed by atoms with Crippen molar-refractivity contribution in [2.24, 2.45) is 5.92 Å². The molecule has 0 saturated heterocycles. The van der Waals surface area contributed by atoms with Gasteiger partial charge in [-0.3, -0.25) is 0 Å². The van der Waals surface area contributed by atoms with E-state index in [4.69, 9.17) is 0 Å². The molecule has 80 valence electrons. The van der Waals surface area contributed by atoms with E-state index in [1.165, 1.54) is 12.8 Å². The monoisotopic (exact) mass is 222 g/mol. The predicted octanol–water partition coefficient (Wildman–Crippen LogP) is 1.05. The molecule has 0 radical (unpaired) electrons. The Morgan fingerprint density at radius 3 is 2.15 bits per heavy atom. The number of rotatable bonds is 8. The van der Waals surface area contributed by atoms with Gasteiger partial charge in [-0.25, -0.2) is 0 Å². The van der Waals surface area contributed by atoms with E-state index in [0.29, 0.717) is 12.0 Å². The molecule has 0 aromatic rings. The summed E-state index contributed by atoms with van der Waals surface area (Å²) in [5, 5.41) is 6.44. The van der Waals surface area contributed by atoms with Gasteiger partial charge in [0, 0.05) is 11.8 Å². The first-order valence-corrected chi connectivity index (χ1v) is 6.08. The largest absolute Gasteiger partial charge is 0.319 e. The zero-order chi connectivity index (χ0) is 10.1. The first-order chi connectivity index (χ1) is 6.28. The molecule has 0 unspecified atom stereocenters. The Hall–Kier alpha value is 0.620. The molecule has 4 heteroatoms. The van der Waals surface area contributed by atoms with E-state index in [0.717, 1.165) is 18.1 Å². The van der Waals surface area contributed by atoms with Crippen molar-refractivity contribution in [3.63, 3.8) is 0 Å². The molecule has 0 rings (SSSR count). The highest BCUT2D eigenvalue weighted by Crippen LogP contribution is 2.10. The molecular weight excluding hydrogens is 200 g/mol. The highest BCUT2D eigenvalue weighted by molar-refractivity contribution is 7.80. The number of nitrogens with one attached hydrogen (secondary N) is 2. The normalized spacial score (nSPS) is 15.7. The van der Waals surface area contributed by atoms with Crippen LogP contribution < -0.4 is 10.6 Å². The molecule has 0 fully saturated rings. The van der Waals surface area contributed by atoms with Gasteiger partial charge in [-0.05, 0) is 45.2 Å². The van der Waals surface area contributed by atoms with Crippen molar-refractivity contribution >= 4 is 25.3 Å². The van der Waals surface area contributed by atoms with Crippen LogP contribution in [0.1, 0.15) is 12.8 Å². The van der Waals surface area contributed by atoms with E-state index in [2.05, 4.69) is 35.9 Å². The number of hydrogen-bond donors (Lipinski definition) is 4. The third kappa shape index (κ3) is 6.66. The van der Waals surface area contributed by atoms with Crippen LogP contribution in [0.2, 0.25) is 0 Å². The van der Waals surface area contributed by atoms with Crippen molar-refractivity contribution in [2.75, 3.05) is 32.1 Å². The van der Waals surface area contributed by atoms with E-state index < -0.39 is 0 Å². The lowest BCUT2D eigenvalue weighted by molar-refractivity contribution is 0.448. The molecular formula is C9H22N2S2. The smallest absolute Gasteiger partial charge is 0.0152 e. The Labute approximate surface area is 93.1 Å².